The Balaban J connectivity index is 2.63. The van der Waals surface area contributed by atoms with E-state index in [-0.39, 0.29) is 11.3 Å². The summed E-state index contributed by atoms with van der Waals surface area (Å²) in [5.74, 6) is 0.0788. The number of hydrogen-bond acceptors (Lipinski definition) is 2. The number of hydrogen-bond donors (Lipinski definition) is 2. The summed E-state index contributed by atoms with van der Waals surface area (Å²) in [5.41, 5.74) is 1.54. The lowest BCUT2D eigenvalue weighted by molar-refractivity contribution is -0.120. The van der Waals surface area contributed by atoms with Crippen LogP contribution in [0.3, 0.4) is 0 Å². The van der Waals surface area contributed by atoms with Crippen LogP contribution in [0.15, 0.2) is 30.3 Å². The van der Waals surface area contributed by atoms with Gasteiger partial charge in [0.25, 0.3) is 0 Å². The zero-order valence-electron chi connectivity index (χ0n) is 12.5. The van der Waals surface area contributed by atoms with Crippen molar-refractivity contribution < 1.29 is 4.79 Å². The Kier molecular flexibility index (Phi) is 6.03. The topological polar surface area (TPSA) is 41.1 Å². The smallest absolute Gasteiger partial charge is 0.221 e. The summed E-state index contributed by atoms with van der Waals surface area (Å²) in [6.45, 7) is 7.42. The Morgan fingerprint density at radius 3 is 2.37 bits per heavy atom. The number of benzene rings is 1. The predicted octanol–water partition coefficient (Wildman–Crippen LogP) is 2.89. The molecule has 1 aromatic rings. The molecule has 0 aliphatic rings. The maximum Gasteiger partial charge on any atom is 0.221 e. The van der Waals surface area contributed by atoms with Gasteiger partial charge in [0.05, 0.1) is 0 Å². The number of carbonyl (C=O) groups is 1. The molecule has 0 bridgehead atoms. The molecule has 19 heavy (non-hydrogen) atoms. The minimum absolute atomic E-state index is 0.0788. The van der Waals surface area contributed by atoms with E-state index in [2.05, 4.69) is 55.7 Å². The Hall–Kier alpha value is -1.35. The summed E-state index contributed by atoms with van der Waals surface area (Å²) < 4.78 is 0. The molecule has 0 heterocycles. The third-order valence-electron chi connectivity index (χ3n) is 3.04. The molecule has 1 rings (SSSR count). The van der Waals surface area contributed by atoms with E-state index in [1.807, 2.05) is 6.07 Å². The fraction of sp³-hybridized carbons (Fsp3) is 0.562. The van der Waals surface area contributed by atoms with Crippen molar-refractivity contribution in [1.82, 2.24) is 10.6 Å². The van der Waals surface area contributed by atoms with Crippen molar-refractivity contribution in [3.8, 4) is 0 Å². The van der Waals surface area contributed by atoms with E-state index in [0.29, 0.717) is 19.0 Å². The van der Waals surface area contributed by atoms with Gasteiger partial charge >= 0.3 is 0 Å². The summed E-state index contributed by atoms with van der Waals surface area (Å²) in [6, 6.07) is 10.7. The highest BCUT2D eigenvalue weighted by Crippen LogP contribution is 2.29. The maximum absolute atomic E-state index is 11.3. The van der Waals surface area contributed by atoms with Crippen molar-refractivity contribution in [3.63, 3.8) is 0 Å². The van der Waals surface area contributed by atoms with Crippen LogP contribution >= 0.6 is 0 Å². The Morgan fingerprint density at radius 2 is 1.84 bits per heavy atom. The minimum Gasteiger partial charge on any atom is -0.359 e. The molecule has 0 saturated heterocycles. The van der Waals surface area contributed by atoms with Crippen LogP contribution in [0.4, 0.5) is 0 Å². The molecule has 0 aliphatic heterocycles. The summed E-state index contributed by atoms with van der Waals surface area (Å²) in [5, 5.41) is 6.14. The average molecular weight is 262 g/mol. The highest BCUT2D eigenvalue weighted by atomic mass is 16.1. The molecule has 0 fully saturated rings. The van der Waals surface area contributed by atoms with Crippen LogP contribution in [-0.2, 0) is 4.79 Å². The molecule has 0 aromatic heterocycles. The zero-order valence-corrected chi connectivity index (χ0v) is 12.5. The van der Waals surface area contributed by atoms with Crippen LogP contribution < -0.4 is 10.6 Å². The van der Waals surface area contributed by atoms with Gasteiger partial charge in [0.15, 0.2) is 0 Å². The summed E-state index contributed by atoms with van der Waals surface area (Å²) in [6.07, 6.45) is 1.56. The van der Waals surface area contributed by atoms with Gasteiger partial charge in [-0.05, 0) is 17.4 Å². The van der Waals surface area contributed by atoms with Crippen molar-refractivity contribution >= 4 is 5.91 Å². The van der Waals surface area contributed by atoms with Crippen LogP contribution in [-0.4, -0.2) is 19.5 Å². The SMILES string of the molecule is CNC(=O)CCNC(CC(C)(C)C)c1ccccc1. The second-order valence-electron chi connectivity index (χ2n) is 6.11. The van der Waals surface area contributed by atoms with E-state index in [1.165, 1.54) is 5.56 Å². The van der Waals surface area contributed by atoms with Gasteiger partial charge in [-0.1, -0.05) is 51.1 Å². The Bertz CT molecular complexity index is 381. The molecular weight excluding hydrogens is 236 g/mol. The number of carbonyl (C=O) groups excluding carboxylic acids is 1. The molecule has 1 amide bonds. The van der Waals surface area contributed by atoms with E-state index < -0.39 is 0 Å². The van der Waals surface area contributed by atoms with Gasteiger partial charge in [0.2, 0.25) is 5.91 Å². The van der Waals surface area contributed by atoms with Crippen LogP contribution in [0.5, 0.6) is 0 Å². The highest BCUT2D eigenvalue weighted by Gasteiger charge is 2.19. The molecular formula is C16H26N2O. The molecule has 3 nitrogen and oxygen atoms in total. The van der Waals surface area contributed by atoms with E-state index in [1.54, 1.807) is 7.05 Å². The molecule has 0 aliphatic carbocycles. The first-order chi connectivity index (χ1) is 8.92. The largest absolute Gasteiger partial charge is 0.359 e. The molecule has 1 atom stereocenters. The minimum atomic E-state index is 0.0788. The second-order valence-corrected chi connectivity index (χ2v) is 6.11. The first-order valence-corrected chi connectivity index (χ1v) is 6.91. The molecule has 2 N–H and O–H groups in total. The highest BCUT2D eigenvalue weighted by molar-refractivity contribution is 5.75. The fourth-order valence-electron chi connectivity index (χ4n) is 2.09. The van der Waals surface area contributed by atoms with E-state index in [4.69, 9.17) is 0 Å². The second kappa shape index (κ2) is 7.29. The summed E-state index contributed by atoms with van der Waals surface area (Å²) in [7, 11) is 1.67. The molecule has 1 unspecified atom stereocenters. The number of amides is 1. The summed E-state index contributed by atoms with van der Waals surface area (Å²) in [4.78, 5) is 11.3. The van der Waals surface area contributed by atoms with Crippen LogP contribution in [0, 0.1) is 5.41 Å². The van der Waals surface area contributed by atoms with Crippen molar-refractivity contribution in [2.45, 2.75) is 39.7 Å². The van der Waals surface area contributed by atoms with Crippen molar-refractivity contribution in [3.05, 3.63) is 35.9 Å². The van der Waals surface area contributed by atoms with Gasteiger partial charge in [0, 0.05) is 26.1 Å². The monoisotopic (exact) mass is 262 g/mol. The molecule has 0 saturated carbocycles. The Labute approximate surface area is 116 Å². The molecule has 0 radical (unpaired) electrons. The summed E-state index contributed by atoms with van der Waals surface area (Å²) >= 11 is 0. The molecule has 1 aromatic carbocycles. The van der Waals surface area contributed by atoms with E-state index in [0.717, 1.165) is 6.42 Å². The first-order valence-electron chi connectivity index (χ1n) is 6.91. The molecule has 3 heteroatoms. The van der Waals surface area contributed by atoms with Crippen molar-refractivity contribution in [2.24, 2.45) is 5.41 Å². The van der Waals surface area contributed by atoms with Crippen molar-refractivity contribution in [1.29, 1.82) is 0 Å². The zero-order chi connectivity index (χ0) is 14.3. The van der Waals surface area contributed by atoms with Gasteiger partial charge in [-0.3, -0.25) is 4.79 Å². The van der Waals surface area contributed by atoms with Crippen molar-refractivity contribution in [2.75, 3.05) is 13.6 Å². The van der Waals surface area contributed by atoms with Gasteiger partial charge in [-0.25, -0.2) is 0 Å². The number of nitrogens with one attached hydrogen (secondary N) is 2. The average Bonchev–Trinajstić information content (AvgIpc) is 2.37. The van der Waals surface area contributed by atoms with Crippen LogP contribution in [0.1, 0.15) is 45.2 Å². The number of rotatable bonds is 6. The standard InChI is InChI=1S/C16H26N2O/c1-16(2,3)12-14(13-8-6-5-7-9-13)18-11-10-15(19)17-4/h5-9,14,18H,10-12H2,1-4H3,(H,17,19). The Morgan fingerprint density at radius 1 is 1.21 bits per heavy atom. The van der Waals surface area contributed by atoms with E-state index >= 15 is 0 Å². The van der Waals surface area contributed by atoms with E-state index in [9.17, 15) is 4.79 Å². The first kappa shape index (κ1) is 15.7. The molecule has 106 valence electrons. The lowest BCUT2D eigenvalue weighted by atomic mass is 9.85. The quantitative estimate of drug-likeness (QED) is 0.827. The van der Waals surface area contributed by atoms with Gasteiger partial charge in [0.1, 0.15) is 0 Å². The normalized spacial score (nSPS) is 13.1. The lowest BCUT2D eigenvalue weighted by Crippen LogP contribution is -2.30. The lowest BCUT2D eigenvalue weighted by Gasteiger charge is -2.27. The third kappa shape index (κ3) is 6.39. The van der Waals surface area contributed by atoms with Gasteiger partial charge in [-0.15, -0.1) is 0 Å². The fourth-order valence-corrected chi connectivity index (χ4v) is 2.09. The third-order valence-corrected chi connectivity index (χ3v) is 3.04. The maximum atomic E-state index is 11.3. The van der Waals surface area contributed by atoms with Crippen LogP contribution in [0.2, 0.25) is 0 Å². The molecule has 0 spiro atoms. The van der Waals surface area contributed by atoms with Crippen LogP contribution in [0.25, 0.3) is 0 Å². The predicted molar refractivity (Wildman–Crippen MR) is 79.9 cm³/mol. The van der Waals surface area contributed by atoms with Gasteiger partial charge in [-0.2, -0.15) is 0 Å². The van der Waals surface area contributed by atoms with Gasteiger partial charge < -0.3 is 10.6 Å².